The molecule has 1 aromatic heterocycles. The predicted molar refractivity (Wildman–Crippen MR) is 112 cm³/mol. The zero-order valence-corrected chi connectivity index (χ0v) is 17.0. The lowest BCUT2D eigenvalue weighted by Crippen LogP contribution is -2.21. The number of carbonyl (C=O) groups excluding carboxylic acids is 1. The molecule has 5 N–H and O–H groups in total. The molecule has 3 rings (SSSR count). The van der Waals surface area contributed by atoms with Gasteiger partial charge in [-0.3, -0.25) is 5.32 Å². The fourth-order valence-electron chi connectivity index (χ4n) is 2.89. The molecule has 0 aliphatic rings. The fourth-order valence-corrected chi connectivity index (χ4v) is 3.08. The number of aromatic nitrogens is 2. The summed E-state index contributed by atoms with van der Waals surface area (Å²) in [5, 5.41) is 14.8. The van der Waals surface area contributed by atoms with Gasteiger partial charge in [-0.15, -0.1) is 0 Å². The molecule has 0 saturated carbocycles. The Morgan fingerprint density at radius 2 is 1.81 bits per heavy atom. The Kier molecular flexibility index (Phi) is 6.70. The molecule has 3 aromatic rings. The van der Waals surface area contributed by atoms with E-state index in [-0.39, 0.29) is 18.9 Å². The lowest BCUT2D eigenvalue weighted by Gasteiger charge is -2.10. The smallest absolute Gasteiger partial charge is 0.416 e. The second kappa shape index (κ2) is 9.28. The molecule has 2 amide bonds. The van der Waals surface area contributed by atoms with Gasteiger partial charge in [-0.05, 0) is 41.5 Å². The molecule has 12 heteroatoms. The number of hydrogen-bond donors (Lipinski definition) is 4. The van der Waals surface area contributed by atoms with Gasteiger partial charge in [0.1, 0.15) is 0 Å². The van der Waals surface area contributed by atoms with Crippen LogP contribution < -0.4 is 16.4 Å². The zero-order chi connectivity index (χ0) is 23.5. The highest BCUT2D eigenvalue weighted by atomic mass is 35.5. The van der Waals surface area contributed by atoms with Crippen LogP contribution in [0.2, 0.25) is 5.02 Å². The van der Waals surface area contributed by atoms with E-state index in [1.807, 2.05) is 0 Å². The van der Waals surface area contributed by atoms with Gasteiger partial charge in [0.25, 0.3) is 0 Å². The number of carboxylic acids is 1. The van der Waals surface area contributed by atoms with Crippen molar-refractivity contribution in [2.45, 2.75) is 19.3 Å². The summed E-state index contributed by atoms with van der Waals surface area (Å²) in [6.45, 7) is 0.0612. The number of benzene rings is 2. The summed E-state index contributed by atoms with van der Waals surface area (Å²) < 4.78 is 39.3. The average molecular weight is 468 g/mol. The van der Waals surface area contributed by atoms with Crippen molar-refractivity contribution in [2.24, 2.45) is 5.73 Å². The first-order valence-electron chi connectivity index (χ1n) is 9.10. The minimum absolute atomic E-state index is 0.0601. The third-order valence-electron chi connectivity index (χ3n) is 4.38. The molecule has 32 heavy (non-hydrogen) atoms. The molecular formula is C20H17ClF3N5O3. The van der Waals surface area contributed by atoms with Gasteiger partial charge in [0.15, 0.2) is 5.82 Å². The summed E-state index contributed by atoms with van der Waals surface area (Å²) in [4.78, 5) is 27.7. The minimum atomic E-state index is -4.47. The van der Waals surface area contributed by atoms with Crippen LogP contribution in [0.15, 0.2) is 48.7 Å². The highest BCUT2D eigenvalue weighted by Gasteiger charge is 2.30. The summed E-state index contributed by atoms with van der Waals surface area (Å²) in [5.74, 6) is -1.82. The van der Waals surface area contributed by atoms with Gasteiger partial charge in [-0.1, -0.05) is 23.7 Å². The second-order valence-electron chi connectivity index (χ2n) is 6.66. The van der Waals surface area contributed by atoms with E-state index in [0.29, 0.717) is 21.8 Å². The number of halogens is 4. The van der Waals surface area contributed by atoms with Crippen LogP contribution >= 0.6 is 11.6 Å². The van der Waals surface area contributed by atoms with Crippen LogP contribution in [0.3, 0.4) is 0 Å². The Bertz CT molecular complexity index is 1150. The first kappa shape index (κ1) is 23.1. The van der Waals surface area contributed by atoms with E-state index in [0.717, 1.165) is 12.1 Å². The van der Waals surface area contributed by atoms with E-state index in [2.05, 4.69) is 15.6 Å². The summed E-state index contributed by atoms with van der Waals surface area (Å²) >= 11 is 5.90. The monoisotopic (exact) mass is 467 g/mol. The number of amides is 2. The maximum atomic E-state index is 12.7. The van der Waals surface area contributed by atoms with Crippen molar-refractivity contribution < 1.29 is 27.9 Å². The number of aromatic carboxylic acids is 1. The first-order valence-corrected chi connectivity index (χ1v) is 9.47. The first-order chi connectivity index (χ1) is 15.1. The van der Waals surface area contributed by atoms with Crippen LogP contribution in [-0.4, -0.2) is 26.7 Å². The normalized spacial score (nSPS) is 11.3. The number of nitrogens with two attached hydrogens (primary N) is 1. The van der Waals surface area contributed by atoms with Crippen LogP contribution in [0.1, 0.15) is 27.3 Å². The standard InChI is InChI=1S/C20H17ClF3N5O3/c21-14-5-6-15(12(7-14)8-25)26-19(32)28-16-10-29(17(27-16)18(30)31)9-11-1-3-13(4-2-11)20(22,23)24/h1-7,10H,8-9,25H2,(H,30,31)(H2,26,28,32). The molecule has 8 nitrogen and oxygen atoms in total. The van der Waals surface area contributed by atoms with Crippen molar-refractivity contribution in [3.63, 3.8) is 0 Å². The largest absolute Gasteiger partial charge is 0.475 e. The van der Waals surface area contributed by atoms with E-state index in [1.54, 1.807) is 18.2 Å². The molecule has 0 aliphatic heterocycles. The second-order valence-corrected chi connectivity index (χ2v) is 7.10. The van der Waals surface area contributed by atoms with Gasteiger partial charge in [-0.25, -0.2) is 14.6 Å². The number of nitrogens with zero attached hydrogens (tertiary/aromatic N) is 2. The van der Waals surface area contributed by atoms with Crippen molar-refractivity contribution in [2.75, 3.05) is 10.6 Å². The Hall–Kier alpha value is -3.57. The van der Waals surface area contributed by atoms with Gasteiger partial charge in [0, 0.05) is 30.0 Å². The molecule has 0 radical (unpaired) electrons. The highest BCUT2D eigenvalue weighted by Crippen LogP contribution is 2.29. The van der Waals surface area contributed by atoms with Gasteiger partial charge < -0.3 is 20.7 Å². The van der Waals surface area contributed by atoms with Crippen molar-refractivity contribution in [1.82, 2.24) is 9.55 Å². The van der Waals surface area contributed by atoms with Crippen molar-refractivity contribution in [3.8, 4) is 0 Å². The number of hydrogen-bond acceptors (Lipinski definition) is 4. The minimum Gasteiger partial charge on any atom is -0.475 e. The van der Waals surface area contributed by atoms with Crippen LogP contribution in [0.5, 0.6) is 0 Å². The van der Waals surface area contributed by atoms with Crippen molar-refractivity contribution in [1.29, 1.82) is 0 Å². The van der Waals surface area contributed by atoms with Crippen LogP contribution in [-0.2, 0) is 19.3 Å². The molecule has 168 valence electrons. The SMILES string of the molecule is NCc1cc(Cl)ccc1NC(=O)Nc1cn(Cc2ccc(C(F)(F)F)cc2)c(C(=O)O)n1. The molecular weight excluding hydrogens is 451 g/mol. The summed E-state index contributed by atoms with van der Waals surface area (Å²) in [7, 11) is 0. The lowest BCUT2D eigenvalue weighted by molar-refractivity contribution is -0.137. The lowest BCUT2D eigenvalue weighted by atomic mass is 10.1. The molecule has 0 bridgehead atoms. The van der Waals surface area contributed by atoms with Crippen LogP contribution in [0.4, 0.5) is 29.5 Å². The molecule has 0 spiro atoms. The van der Waals surface area contributed by atoms with E-state index < -0.39 is 29.6 Å². The van der Waals surface area contributed by atoms with Gasteiger partial charge in [0.2, 0.25) is 5.82 Å². The van der Waals surface area contributed by atoms with E-state index in [4.69, 9.17) is 17.3 Å². The summed E-state index contributed by atoms with van der Waals surface area (Å²) in [6, 6.07) is 8.32. The number of anilines is 2. The number of urea groups is 1. The molecule has 0 saturated heterocycles. The van der Waals surface area contributed by atoms with Crippen molar-refractivity contribution in [3.05, 3.63) is 76.2 Å². The van der Waals surface area contributed by atoms with E-state index in [1.165, 1.54) is 22.9 Å². The number of rotatable bonds is 6. The van der Waals surface area contributed by atoms with Gasteiger partial charge in [0.05, 0.1) is 5.56 Å². The van der Waals surface area contributed by atoms with Crippen molar-refractivity contribution >= 4 is 35.1 Å². The quantitative estimate of drug-likeness (QED) is 0.428. The topological polar surface area (TPSA) is 122 Å². The molecule has 0 fully saturated rings. The van der Waals surface area contributed by atoms with E-state index in [9.17, 15) is 27.9 Å². The maximum Gasteiger partial charge on any atom is 0.416 e. The Balaban J connectivity index is 1.76. The third kappa shape index (κ3) is 5.56. The fraction of sp³-hybridized carbons (Fsp3) is 0.150. The Labute approximate surface area is 184 Å². The van der Waals surface area contributed by atoms with Crippen LogP contribution in [0, 0.1) is 0 Å². The summed E-state index contributed by atoms with van der Waals surface area (Å²) in [6.07, 6.45) is -3.20. The molecule has 0 aliphatic carbocycles. The number of carboxylic acid groups (broad SMARTS) is 1. The van der Waals surface area contributed by atoms with Crippen LogP contribution in [0.25, 0.3) is 0 Å². The predicted octanol–water partition coefficient (Wildman–Crippen LogP) is 4.40. The highest BCUT2D eigenvalue weighted by molar-refractivity contribution is 6.30. The average Bonchev–Trinajstić information content (AvgIpc) is 3.11. The van der Waals surface area contributed by atoms with Gasteiger partial charge >= 0.3 is 18.2 Å². The van der Waals surface area contributed by atoms with E-state index >= 15 is 0 Å². The number of alkyl halides is 3. The molecule has 2 aromatic carbocycles. The number of nitrogens with one attached hydrogen (secondary N) is 2. The summed E-state index contributed by atoms with van der Waals surface area (Å²) in [5.41, 5.74) is 6.24. The third-order valence-corrected chi connectivity index (χ3v) is 4.61. The molecule has 0 atom stereocenters. The molecule has 0 unspecified atom stereocenters. The zero-order valence-electron chi connectivity index (χ0n) is 16.3. The maximum absolute atomic E-state index is 12.7. The number of imidazole rings is 1. The number of carbonyl (C=O) groups is 2. The molecule has 1 heterocycles. The Morgan fingerprint density at radius 3 is 2.41 bits per heavy atom. The Morgan fingerprint density at radius 1 is 1.12 bits per heavy atom. The van der Waals surface area contributed by atoms with Gasteiger partial charge in [-0.2, -0.15) is 13.2 Å².